The van der Waals surface area contributed by atoms with E-state index in [0.29, 0.717) is 5.92 Å². The molecule has 0 radical (unpaired) electrons. The Balaban J connectivity index is 1.48. The molecule has 0 bridgehead atoms. The van der Waals surface area contributed by atoms with Crippen LogP contribution in [0.2, 0.25) is 0 Å². The van der Waals surface area contributed by atoms with Gasteiger partial charge >= 0.3 is 0 Å². The second kappa shape index (κ2) is 8.36. The first-order valence-electron chi connectivity index (χ1n) is 11.4. The molecule has 6 nitrogen and oxygen atoms in total. The van der Waals surface area contributed by atoms with Crippen LogP contribution in [0, 0.1) is 12.8 Å². The Bertz CT molecular complexity index is 1220. The zero-order valence-electron chi connectivity index (χ0n) is 19.0. The number of fused-ring (bicyclic) bond motifs is 2. The number of carbonyl (C=O) groups is 1. The van der Waals surface area contributed by atoms with Crippen molar-refractivity contribution in [3.63, 3.8) is 0 Å². The molecule has 0 saturated carbocycles. The van der Waals surface area contributed by atoms with Crippen molar-refractivity contribution in [2.24, 2.45) is 5.92 Å². The van der Waals surface area contributed by atoms with Gasteiger partial charge in [-0.2, -0.15) is 5.10 Å². The van der Waals surface area contributed by atoms with Gasteiger partial charge in [-0.15, -0.1) is 0 Å². The maximum atomic E-state index is 13.3. The summed E-state index contributed by atoms with van der Waals surface area (Å²) in [6, 6.07) is 2.02. The van der Waals surface area contributed by atoms with Crippen LogP contribution in [0.5, 0.6) is 0 Å². The van der Waals surface area contributed by atoms with Crippen molar-refractivity contribution in [1.82, 2.24) is 24.4 Å². The second-order valence-electron chi connectivity index (χ2n) is 8.84. The van der Waals surface area contributed by atoms with Gasteiger partial charge in [-0.05, 0) is 76.0 Å². The van der Waals surface area contributed by atoms with Crippen molar-refractivity contribution in [2.75, 3.05) is 20.1 Å². The highest BCUT2D eigenvalue weighted by atomic mass is 16.2. The van der Waals surface area contributed by atoms with E-state index < -0.39 is 0 Å². The van der Waals surface area contributed by atoms with Gasteiger partial charge in [0.15, 0.2) is 0 Å². The van der Waals surface area contributed by atoms with Crippen LogP contribution in [0.1, 0.15) is 36.8 Å². The average molecular weight is 428 g/mol. The maximum absolute atomic E-state index is 13.3. The van der Waals surface area contributed by atoms with Gasteiger partial charge in [-0.3, -0.25) is 14.7 Å². The highest BCUT2D eigenvalue weighted by molar-refractivity contribution is 5.99. The van der Waals surface area contributed by atoms with Gasteiger partial charge in [0.1, 0.15) is 0 Å². The quantitative estimate of drug-likeness (QED) is 0.741. The summed E-state index contributed by atoms with van der Waals surface area (Å²) >= 11 is 0. The van der Waals surface area contributed by atoms with Crippen molar-refractivity contribution < 1.29 is 4.79 Å². The van der Waals surface area contributed by atoms with E-state index in [9.17, 15) is 4.79 Å². The summed E-state index contributed by atoms with van der Waals surface area (Å²) in [5.74, 6) is 0.454. The van der Waals surface area contributed by atoms with E-state index in [2.05, 4.69) is 36.0 Å². The standard InChI is InChI=1S/C26H29N5O/c1-4-23-25-15-24(28-31(25)16-18(2)27-23)20-6-5-7-22-9-8-21(17-30(22)26(32)14-20)19-10-12-29(3)13-11-19/h5-9,14-17,19H,4,10-13H2,1-3H3/b6-5?,20-14?,22-7+. The Kier molecular flexibility index (Phi) is 5.39. The summed E-state index contributed by atoms with van der Waals surface area (Å²) in [4.78, 5) is 22.1. The van der Waals surface area contributed by atoms with Crippen LogP contribution in [-0.2, 0) is 11.2 Å². The lowest BCUT2D eigenvalue weighted by Crippen LogP contribution is -2.32. The molecular formula is C26H29N5O. The topological polar surface area (TPSA) is 53.7 Å². The van der Waals surface area contributed by atoms with Crippen LogP contribution in [0.3, 0.4) is 0 Å². The summed E-state index contributed by atoms with van der Waals surface area (Å²) in [6.07, 6.45) is 18.9. The number of aryl methyl sites for hydroxylation is 2. The summed E-state index contributed by atoms with van der Waals surface area (Å²) < 4.78 is 1.87. The molecular weight excluding hydrogens is 398 g/mol. The monoisotopic (exact) mass is 427 g/mol. The Labute approximate surface area is 188 Å². The molecule has 0 atom stereocenters. The fraction of sp³-hybridized carbons (Fsp3) is 0.346. The minimum atomic E-state index is -0.0487. The van der Waals surface area contributed by atoms with E-state index in [4.69, 9.17) is 5.10 Å². The molecule has 1 fully saturated rings. The zero-order chi connectivity index (χ0) is 22.2. The highest BCUT2D eigenvalue weighted by Gasteiger charge is 2.25. The largest absolute Gasteiger partial charge is 0.306 e. The van der Waals surface area contributed by atoms with E-state index >= 15 is 0 Å². The molecule has 0 aromatic carbocycles. The number of rotatable bonds is 3. The van der Waals surface area contributed by atoms with Gasteiger partial charge in [0.2, 0.25) is 0 Å². The number of aromatic nitrogens is 3. The lowest BCUT2D eigenvalue weighted by atomic mass is 9.88. The van der Waals surface area contributed by atoms with Crippen molar-refractivity contribution in [3.05, 3.63) is 83.3 Å². The molecule has 32 heavy (non-hydrogen) atoms. The molecule has 5 rings (SSSR count). The van der Waals surface area contributed by atoms with Gasteiger partial charge in [-0.1, -0.05) is 25.2 Å². The summed E-state index contributed by atoms with van der Waals surface area (Å²) in [5, 5.41) is 4.74. The first-order chi connectivity index (χ1) is 15.5. The molecule has 0 unspecified atom stereocenters. The summed E-state index contributed by atoms with van der Waals surface area (Å²) in [7, 11) is 2.17. The van der Waals surface area contributed by atoms with E-state index in [1.54, 1.807) is 11.0 Å². The molecule has 5 heterocycles. The Morgan fingerprint density at radius 2 is 1.97 bits per heavy atom. The summed E-state index contributed by atoms with van der Waals surface area (Å²) in [5.41, 5.74) is 6.64. The maximum Gasteiger partial charge on any atom is 0.255 e. The Morgan fingerprint density at radius 1 is 1.16 bits per heavy atom. The van der Waals surface area contributed by atoms with Crippen molar-refractivity contribution in [1.29, 1.82) is 0 Å². The third-order valence-corrected chi connectivity index (χ3v) is 6.53. The number of carbonyl (C=O) groups excluding carboxylic acids is 1. The molecule has 0 spiro atoms. The molecule has 0 aliphatic carbocycles. The third kappa shape index (κ3) is 3.86. The molecule has 3 aliphatic rings. The van der Waals surface area contributed by atoms with Crippen LogP contribution in [0.15, 0.2) is 66.2 Å². The van der Waals surface area contributed by atoms with Crippen LogP contribution in [0.25, 0.3) is 11.1 Å². The zero-order valence-corrected chi connectivity index (χ0v) is 19.0. The molecule has 2 aromatic heterocycles. The minimum Gasteiger partial charge on any atom is -0.306 e. The van der Waals surface area contributed by atoms with Crippen LogP contribution >= 0.6 is 0 Å². The van der Waals surface area contributed by atoms with Crippen molar-refractivity contribution >= 4 is 17.0 Å². The number of hydrogen-bond acceptors (Lipinski definition) is 4. The van der Waals surface area contributed by atoms with E-state index in [-0.39, 0.29) is 5.91 Å². The second-order valence-corrected chi connectivity index (χ2v) is 8.84. The number of amides is 1. The molecule has 1 amide bonds. The highest BCUT2D eigenvalue weighted by Crippen LogP contribution is 2.31. The minimum absolute atomic E-state index is 0.0487. The SMILES string of the molecule is CCc1nc(C)cn2nc(C3=CC(=O)N4C=C(C5CCN(C)CC5)C=C/C4=C\C=C3)cc12. The molecule has 164 valence electrons. The first kappa shape index (κ1) is 20.6. The van der Waals surface area contributed by atoms with E-state index in [0.717, 1.165) is 66.2 Å². The Hall–Kier alpha value is -3.25. The molecule has 1 saturated heterocycles. The average Bonchev–Trinajstić information content (AvgIpc) is 3.21. The lowest BCUT2D eigenvalue weighted by molar-refractivity contribution is -0.122. The van der Waals surface area contributed by atoms with Gasteiger partial charge < -0.3 is 4.90 Å². The van der Waals surface area contributed by atoms with E-state index in [1.807, 2.05) is 48.1 Å². The van der Waals surface area contributed by atoms with Crippen LogP contribution < -0.4 is 0 Å². The number of allylic oxidation sites excluding steroid dienone is 7. The predicted molar refractivity (Wildman–Crippen MR) is 127 cm³/mol. The van der Waals surface area contributed by atoms with Gasteiger partial charge in [0, 0.05) is 23.5 Å². The molecule has 0 N–H and O–H groups in total. The number of nitrogens with zero attached hydrogens (tertiary/aromatic N) is 5. The lowest BCUT2D eigenvalue weighted by Gasteiger charge is -2.32. The van der Waals surface area contributed by atoms with Crippen molar-refractivity contribution in [3.8, 4) is 0 Å². The predicted octanol–water partition coefficient (Wildman–Crippen LogP) is 4.06. The normalized spacial score (nSPS) is 21.7. The fourth-order valence-electron chi connectivity index (χ4n) is 4.68. The fourth-order valence-corrected chi connectivity index (χ4v) is 4.68. The van der Waals surface area contributed by atoms with Gasteiger partial charge in [0.25, 0.3) is 5.91 Å². The van der Waals surface area contributed by atoms with Crippen LogP contribution in [0.4, 0.5) is 0 Å². The van der Waals surface area contributed by atoms with Gasteiger partial charge in [-0.25, -0.2) is 4.52 Å². The number of likely N-dealkylation sites (tertiary alicyclic amines) is 1. The third-order valence-electron chi connectivity index (χ3n) is 6.53. The van der Waals surface area contributed by atoms with Crippen molar-refractivity contribution in [2.45, 2.75) is 33.1 Å². The van der Waals surface area contributed by atoms with Crippen LogP contribution in [-0.4, -0.2) is 50.4 Å². The number of piperidine rings is 1. The summed E-state index contributed by atoms with van der Waals surface area (Å²) in [6.45, 7) is 6.27. The smallest absolute Gasteiger partial charge is 0.255 e. The van der Waals surface area contributed by atoms with Gasteiger partial charge in [0.05, 0.1) is 28.8 Å². The number of hydrogen-bond donors (Lipinski definition) is 0. The first-order valence-corrected chi connectivity index (χ1v) is 11.4. The molecule has 3 aliphatic heterocycles. The molecule has 6 heteroatoms. The Morgan fingerprint density at radius 3 is 2.75 bits per heavy atom. The molecule has 2 aromatic rings. The van der Waals surface area contributed by atoms with E-state index in [1.165, 1.54) is 5.57 Å².